The number of ether oxygens (including phenoxy) is 1. The Morgan fingerprint density at radius 1 is 1.42 bits per heavy atom. The second-order valence-corrected chi connectivity index (χ2v) is 6.15. The number of hydrogen-bond donors (Lipinski definition) is 1. The summed E-state index contributed by atoms with van der Waals surface area (Å²) in [6, 6.07) is -0.163. The Balaban J connectivity index is 1.94. The fourth-order valence-electron chi connectivity index (χ4n) is 2.77. The molecule has 0 spiro atoms. The van der Waals surface area contributed by atoms with Crippen LogP contribution < -0.4 is 5.32 Å². The Hall–Kier alpha value is -2.42. The highest BCUT2D eigenvalue weighted by Crippen LogP contribution is 2.26. The summed E-state index contributed by atoms with van der Waals surface area (Å²) < 4.78 is 5.15. The van der Waals surface area contributed by atoms with Crippen LogP contribution in [0.4, 0.5) is 4.79 Å². The van der Waals surface area contributed by atoms with E-state index < -0.39 is 0 Å². The fraction of sp³-hybridized carbons (Fsp3) is 0.467. The van der Waals surface area contributed by atoms with Crippen LogP contribution in [0.15, 0.2) is 27.8 Å². The fourth-order valence-corrected chi connectivity index (χ4v) is 3.42. The summed E-state index contributed by atoms with van der Waals surface area (Å²) in [6.07, 6.45) is 1.73. The number of hydrogen-bond acceptors (Lipinski definition) is 7. The molecule has 8 nitrogen and oxygen atoms in total. The molecule has 128 valence electrons. The Labute approximate surface area is 143 Å². The Bertz CT molecular complexity index is 698. The van der Waals surface area contributed by atoms with Crippen LogP contribution >= 0.6 is 11.3 Å². The molecule has 3 heterocycles. The van der Waals surface area contributed by atoms with Crippen LogP contribution in [0, 0.1) is 0 Å². The topological polar surface area (TPSA) is 87.1 Å². The van der Waals surface area contributed by atoms with Crippen LogP contribution in [0.2, 0.25) is 0 Å². The second kappa shape index (κ2) is 7.00. The first-order chi connectivity index (χ1) is 11.7. The maximum atomic E-state index is 12.3. The number of piperazine rings is 1. The van der Waals surface area contributed by atoms with Gasteiger partial charge in [-0.25, -0.2) is 14.6 Å². The minimum atomic E-state index is -0.377. The number of rotatable bonds is 3. The van der Waals surface area contributed by atoms with Crippen molar-refractivity contribution in [1.82, 2.24) is 20.1 Å². The quantitative estimate of drug-likeness (QED) is 0.811. The monoisotopic (exact) mass is 349 g/mol. The van der Waals surface area contributed by atoms with Crippen molar-refractivity contribution in [3.05, 3.63) is 27.9 Å². The van der Waals surface area contributed by atoms with Gasteiger partial charge in [0.25, 0.3) is 0 Å². The highest BCUT2D eigenvalue weighted by atomic mass is 32.1. The molecule has 0 aliphatic carbocycles. The third kappa shape index (κ3) is 2.99. The van der Waals surface area contributed by atoms with Gasteiger partial charge in [-0.05, 0) is 6.92 Å². The number of thiazole rings is 1. The summed E-state index contributed by atoms with van der Waals surface area (Å²) in [7, 11) is 1.60. The summed E-state index contributed by atoms with van der Waals surface area (Å²) >= 11 is 1.50. The van der Waals surface area contributed by atoms with Gasteiger partial charge in [0.2, 0.25) is 0 Å². The largest absolute Gasteiger partial charge is 0.463 e. The average Bonchev–Trinajstić information content (AvgIpc) is 3.14. The van der Waals surface area contributed by atoms with Gasteiger partial charge in [-0.1, -0.05) is 0 Å². The average molecular weight is 349 g/mol. The smallest absolute Gasteiger partial charge is 0.337 e. The minimum Gasteiger partial charge on any atom is -0.463 e. The van der Waals surface area contributed by atoms with Crippen molar-refractivity contribution < 1.29 is 14.3 Å². The van der Waals surface area contributed by atoms with Crippen molar-refractivity contribution in [3.8, 4) is 0 Å². The van der Waals surface area contributed by atoms with Crippen molar-refractivity contribution >= 4 is 29.2 Å². The lowest BCUT2D eigenvalue weighted by atomic mass is 10.1. The van der Waals surface area contributed by atoms with Gasteiger partial charge in [-0.3, -0.25) is 4.99 Å². The summed E-state index contributed by atoms with van der Waals surface area (Å²) in [5.74, 6) is 0.378. The number of amidine groups is 1. The second-order valence-electron chi connectivity index (χ2n) is 5.25. The van der Waals surface area contributed by atoms with Crippen LogP contribution in [0.25, 0.3) is 0 Å². The normalized spacial score (nSPS) is 17.3. The first-order valence-corrected chi connectivity index (χ1v) is 8.61. The van der Waals surface area contributed by atoms with Gasteiger partial charge in [0.1, 0.15) is 0 Å². The van der Waals surface area contributed by atoms with Crippen LogP contribution in [-0.4, -0.2) is 72.5 Å². The number of fused-ring (bicyclic) bond motifs is 1. The van der Waals surface area contributed by atoms with Crippen molar-refractivity contribution in [2.75, 3.05) is 39.8 Å². The van der Waals surface area contributed by atoms with E-state index in [1.807, 2.05) is 10.3 Å². The number of nitrogens with one attached hydrogen (secondary N) is 1. The molecule has 1 saturated heterocycles. The SMILES string of the molecule is CCOC(=O)C1=C2CN(C(=O)NC)CCN2C(c2nccs2)=NC1. The lowest BCUT2D eigenvalue weighted by Gasteiger charge is -2.40. The van der Waals surface area contributed by atoms with E-state index in [9.17, 15) is 9.59 Å². The molecule has 9 heteroatoms. The van der Waals surface area contributed by atoms with Gasteiger partial charge < -0.3 is 19.9 Å². The minimum absolute atomic E-state index is 0.163. The van der Waals surface area contributed by atoms with E-state index >= 15 is 0 Å². The number of esters is 1. The first kappa shape index (κ1) is 16.4. The highest BCUT2D eigenvalue weighted by molar-refractivity contribution is 7.11. The molecule has 1 aromatic rings. The lowest BCUT2D eigenvalue weighted by Crippen LogP contribution is -2.53. The molecule has 3 rings (SSSR count). The van der Waals surface area contributed by atoms with Crippen molar-refractivity contribution in [1.29, 1.82) is 0 Å². The van der Waals surface area contributed by atoms with Gasteiger partial charge in [0.15, 0.2) is 10.8 Å². The maximum absolute atomic E-state index is 12.3. The van der Waals surface area contributed by atoms with E-state index in [-0.39, 0.29) is 18.5 Å². The molecular formula is C15H19N5O3S. The van der Waals surface area contributed by atoms with E-state index in [0.717, 1.165) is 16.5 Å². The molecule has 1 N–H and O–H groups in total. The molecule has 0 saturated carbocycles. The zero-order valence-corrected chi connectivity index (χ0v) is 14.4. The number of carbonyl (C=O) groups is 2. The molecule has 1 fully saturated rings. The Kier molecular flexibility index (Phi) is 4.79. The predicted octanol–water partition coefficient (Wildman–Crippen LogP) is 0.677. The zero-order valence-electron chi connectivity index (χ0n) is 13.6. The molecule has 0 bridgehead atoms. The molecule has 0 atom stereocenters. The van der Waals surface area contributed by atoms with E-state index in [2.05, 4.69) is 15.3 Å². The van der Waals surface area contributed by atoms with Crippen molar-refractivity contribution in [2.24, 2.45) is 4.99 Å². The molecule has 2 aliphatic rings. The molecular weight excluding hydrogens is 330 g/mol. The van der Waals surface area contributed by atoms with E-state index in [4.69, 9.17) is 4.74 Å². The number of aromatic nitrogens is 1. The third-order valence-electron chi connectivity index (χ3n) is 3.90. The van der Waals surface area contributed by atoms with Crippen LogP contribution in [-0.2, 0) is 9.53 Å². The number of urea groups is 1. The number of carbonyl (C=O) groups excluding carboxylic acids is 2. The number of amides is 2. The summed E-state index contributed by atoms with van der Waals surface area (Å²) in [5.41, 5.74) is 1.27. The van der Waals surface area contributed by atoms with E-state index in [0.29, 0.717) is 31.8 Å². The van der Waals surface area contributed by atoms with Crippen LogP contribution in [0.1, 0.15) is 11.9 Å². The molecule has 0 unspecified atom stereocenters. The summed E-state index contributed by atoms with van der Waals surface area (Å²) in [6.45, 7) is 3.76. The molecule has 2 aliphatic heterocycles. The van der Waals surface area contributed by atoms with Crippen LogP contribution in [0.3, 0.4) is 0 Å². The number of nitrogens with zero attached hydrogens (tertiary/aromatic N) is 4. The highest BCUT2D eigenvalue weighted by Gasteiger charge is 2.35. The molecule has 24 heavy (non-hydrogen) atoms. The van der Waals surface area contributed by atoms with Crippen LogP contribution in [0.5, 0.6) is 0 Å². The standard InChI is InChI=1S/C15H19N5O3S/c1-3-23-14(21)10-8-18-12(13-17-4-7-24-13)20-6-5-19(9-11(10)20)15(22)16-2/h4,7H,3,5-6,8-9H2,1-2H3,(H,16,22). The Morgan fingerprint density at radius 3 is 2.92 bits per heavy atom. The van der Waals surface area contributed by atoms with Gasteiger partial charge in [-0.2, -0.15) is 0 Å². The summed E-state index contributed by atoms with van der Waals surface area (Å²) in [5, 5.41) is 5.33. The molecule has 0 radical (unpaired) electrons. The zero-order chi connectivity index (χ0) is 17.1. The predicted molar refractivity (Wildman–Crippen MR) is 89.9 cm³/mol. The summed E-state index contributed by atoms with van der Waals surface area (Å²) in [4.78, 5) is 36.8. The first-order valence-electron chi connectivity index (χ1n) is 7.73. The van der Waals surface area contributed by atoms with Gasteiger partial charge >= 0.3 is 12.0 Å². The van der Waals surface area contributed by atoms with Crippen molar-refractivity contribution in [3.63, 3.8) is 0 Å². The van der Waals surface area contributed by atoms with Gasteiger partial charge in [0.05, 0.1) is 31.0 Å². The van der Waals surface area contributed by atoms with E-state index in [1.54, 1.807) is 25.1 Å². The lowest BCUT2D eigenvalue weighted by molar-refractivity contribution is -0.138. The van der Waals surface area contributed by atoms with Gasteiger partial charge in [0, 0.05) is 31.7 Å². The van der Waals surface area contributed by atoms with Crippen molar-refractivity contribution in [2.45, 2.75) is 6.92 Å². The Morgan fingerprint density at radius 2 is 2.25 bits per heavy atom. The maximum Gasteiger partial charge on any atom is 0.337 e. The number of aliphatic imine (C=N–C) groups is 1. The van der Waals surface area contributed by atoms with Gasteiger partial charge in [-0.15, -0.1) is 11.3 Å². The molecule has 2 amide bonds. The van der Waals surface area contributed by atoms with E-state index in [1.165, 1.54) is 11.3 Å². The molecule has 1 aromatic heterocycles. The third-order valence-corrected chi connectivity index (χ3v) is 4.67. The molecule has 0 aromatic carbocycles.